The number of thioether (sulfide) groups is 1. The molecule has 0 bridgehead atoms. The van der Waals surface area contributed by atoms with Crippen LogP contribution in [0.1, 0.15) is 58.8 Å². The van der Waals surface area contributed by atoms with Crippen molar-refractivity contribution in [2.75, 3.05) is 5.75 Å². The van der Waals surface area contributed by atoms with Crippen molar-refractivity contribution in [3.63, 3.8) is 0 Å². The molecule has 1 aliphatic rings. The highest BCUT2D eigenvalue weighted by atomic mass is 32.2. The lowest BCUT2D eigenvalue weighted by Gasteiger charge is -2.20. The van der Waals surface area contributed by atoms with Crippen LogP contribution in [0.3, 0.4) is 0 Å². The number of tetrazole rings is 1. The van der Waals surface area contributed by atoms with Crippen LogP contribution >= 0.6 is 11.8 Å². The van der Waals surface area contributed by atoms with E-state index in [1.807, 2.05) is 4.68 Å². The van der Waals surface area contributed by atoms with E-state index in [4.69, 9.17) is 0 Å². The summed E-state index contributed by atoms with van der Waals surface area (Å²) >= 11 is 2.07. The average molecular weight is 283 g/mol. The topological polar surface area (TPSA) is 55.6 Å². The Morgan fingerprint density at radius 3 is 2.84 bits per heavy atom. The molecule has 0 aliphatic heterocycles. The Balaban J connectivity index is 1.96. The van der Waals surface area contributed by atoms with Gasteiger partial charge >= 0.3 is 0 Å². The van der Waals surface area contributed by atoms with Gasteiger partial charge in [-0.2, -0.15) is 11.8 Å². The fourth-order valence-corrected chi connectivity index (χ4v) is 3.62. The Hall–Kier alpha value is -0.620. The van der Waals surface area contributed by atoms with Crippen LogP contribution in [-0.4, -0.2) is 36.7 Å². The van der Waals surface area contributed by atoms with Crippen LogP contribution in [0.15, 0.2) is 0 Å². The molecule has 0 radical (unpaired) electrons. The van der Waals surface area contributed by atoms with Crippen molar-refractivity contribution in [2.24, 2.45) is 0 Å². The molecule has 5 nitrogen and oxygen atoms in total. The number of rotatable bonds is 5. The highest BCUT2D eigenvalue weighted by Crippen LogP contribution is 2.36. The zero-order chi connectivity index (χ0) is 13.9. The molecule has 2 rings (SSSR count). The first-order valence-corrected chi connectivity index (χ1v) is 8.18. The van der Waals surface area contributed by atoms with Crippen LogP contribution in [-0.2, 0) is 6.54 Å². The summed E-state index contributed by atoms with van der Waals surface area (Å²) in [6.45, 7) is 9.44. The van der Waals surface area contributed by atoms with Gasteiger partial charge in [-0.15, -0.1) is 5.10 Å². The third kappa shape index (κ3) is 4.18. The fraction of sp³-hybridized carbons (Fsp3) is 0.923. The van der Waals surface area contributed by atoms with Gasteiger partial charge < -0.3 is 5.32 Å². The van der Waals surface area contributed by atoms with E-state index in [0.29, 0.717) is 6.04 Å². The van der Waals surface area contributed by atoms with Crippen molar-refractivity contribution in [1.82, 2.24) is 25.5 Å². The minimum atomic E-state index is 0.0903. The van der Waals surface area contributed by atoms with E-state index in [-0.39, 0.29) is 5.54 Å². The molecule has 0 saturated heterocycles. The van der Waals surface area contributed by atoms with Crippen molar-refractivity contribution in [2.45, 2.75) is 70.3 Å². The molecule has 1 heterocycles. The Kier molecular flexibility index (Phi) is 4.84. The zero-order valence-corrected chi connectivity index (χ0v) is 13.2. The Bertz CT molecular complexity index is 398. The second-order valence-electron chi connectivity index (χ2n) is 6.19. The summed E-state index contributed by atoms with van der Waals surface area (Å²) in [5.41, 5.74) is 0.0903. The fourth-order valence-electron chi connectivity index (χ4n) is 2.48. The second kappa shape index (κ2) is 6.22. The first-order chi connectivity index (χ1) is 8.99. The van der Waals surface area contributed by atoms with Crippen molar-refractivity contribution in [3.8, 4) is 0 Å². The van der Waals surface area contributed by atoms with E-state index >= 15 is 0 Å². The smallest absolute Gasteiger partial charge is 0.165 e. The normalized spacial score (nSPS) is 24.0. The van der Waals surface area contributed by atoms with E-state index in [1.165, 1.54) is 25.0 Å². The van der Waals surface area contributed by atoms with Crippen molar-refractivity contribution in [1.29, 1.82) is 0 Å². The van der Waals surface area contributed by atoms with Crippen molar-refractivity contribution >= 4 is 11.8 Å². The molecule has 6 heteroatoms. The first-order valence-electron chi connectivity index (χ1n) is 7.13. The molecule has 0 amide bonds. The SMILES string of the molecule is CCSC1CCC(n2nnnc2CNC(C)(C)C)C1. The number of hydrogen-bond acceptors (Lipinski definition) is 5. The summed E-state index contributed by atoms with van der Waals surface area (Å²) in [6.07, 6.45) is 3.69. The number of hydrogen-bond donors (Lipinski definition) is 1. The molecule has 1 aliphatic carbocycles. The van der Waals surface area contributed by atoms with E-state index in [0.717, 1.165) is 17.6 Å². The third-order valence-electron chi connectivity index (χ3n) is 3.44. The largest absolute Gasteiger partial charge is 0.305 e. The van der Waals surface area contributed by atoms with E-state index < -0.39 is 0 Å². The summed E-state index contributed by atoms with van der Waals surface area (Å²) in [5, 5.41) is 16.5. The van der Waals surface area contributed by atoms with Gasteiger partial charge in [0.1, 0.15) is 0 Å². The third-order valence-corrected chi connectivity index (χ3v) is 4.68. The van der Waals surface area contributed by atoms with E-state index in [9.17, 15) is 0 Å². The predicted octanol–water partition coefficient (Wildman–Crippen LogP) is 2.41. The molecule has 0 aromatic carbocycles. The maximum absolute atomic E-state index is 4.20. The molecular weight excluding hydrogens is 258 g/mol. The number of nitrogens with zero attached hydrogens (tertiary/aromatic N) is 4. The summed E-state index contributed by atoms with van der Waals surface area (Å²) in [4.78, 5) is 0. The summed E-state index contributed by atoms with van der Waals surface area (Å²) < 4.78 is 2.04. The van der Waals surface area contributed by atoms with Crippen LogP contribution in [0.5, 0.6) is 0 Å². The van der Waals surface area contributed by atoms with Gasteiger partial charge in [-0.25, -0.2) is 4.68 Å². The van der Waals surface area contributed by atoms with Crippen LogP contribution in [0, 0.1) is 0 Å². The summed E-state index contributed by atoms with van der Waals surface area (Å²) in [7, 11) is 0. The minimum Gasteiger partial charge on any atom is -0.305 e. The molecule has 19 heavy (non-hydrogen) atoms. The molecule has 1 aromatic rings. The van der Waals surface area contributed by atoms with E-state index in [1.54, 1.807) is 0 Å². The molecule has 0 spiro atoms. The number of aromatic nitrogens is 4. The first kappa shape index (κ1) is 14.8. The predicted molar refractivity (Wildman–Crippen MR) is 79.2 cm³/mol. The molecule has 108 valence electrons. The average Bonchev–Trinajstić information content (AvgIpc) is 2.93. The lowest BCUT2D eigenvalue weighted by Crippen LogP contribution is -2.36. The van der Waals surface area contributed by atoms with Gasteiger partial charge in [0.25, 0.3) is 0 Å². The van der Waals surface area contributed by atoms with Gasteiger partial charge in [0, 0.05) is 10.8 Å². The molecular formula is C13H25N5S. The van der Waals surface area contributed by atoms with Crippen LogP contribution < -0.4 is 5.32 Å². The summed E-state index contributed by atoms with van der Waals surface area (Å²) in [6, 6.07) is 0.482. The summed E-state index contributed by atoms with van der Waals surface area (Å²) in [5.74, 6) is 2.16. The Morgan fingerprint density at radius 2 is 2.16 bits per heavy atom. The minimum absolute atomic E-state index is 0.0903. The maximum atomic E-state index is 4.20. The van der Waals surface area contributed by atoms with Gasteiger partial charge in [-0.3, -0.25) is 0 Å². The van der Waals surface area contributed by atoms with Crippen LogP contribution in [0.4, 0.5) is 0 Å². The van der Waals surface area contributed by atoms with Crippen molar-refractivity contribution in [3.05, 3.63) is 5.82 Å². The van der Waals surface area contributed by atoms with Crippen LogP contribution in [0.25, 0.3) is 0 Å². The molecule has 1 fully saturated rings. The maximum Gasteiger partial charge on any atom is 0.165 e. The molecule has 1 aromatic heterocycles. The van der Waals surface area contributed by atoms with Gasteiger partial charge in [0.2, 0.25) is 0 Å². The van der Waals surface area contributed by atoms with Gasteiger partial charge in [-0.05, 0) is 56.2 Å². The molecule has 1 N–H and O–H groups in total. The number of nitrogens with one attached hydrogen (secondary N) is 1. The molecule has 2 atom stereocenters. The monoisotopic (exact) mass is 283 g/mol. The Labute approximate surface area is 119 Å². The molecule has 1 saturated carbocycles. The van der Waals surface area contributed by atoms with Crippen LogP contribution in [0.2, 0.25) is 0 Å². The highest BCUT2D eigenvalue weighted by Gasteiger charge is 2.28. The van der Waals surface area contributed by atoms with E-state index in [2.05, 4.69) is 60.3 Å². The van der Waals surface area contributed by atoms with Crippen molar-refractivity contribution < 1.29 is 0 Å². The highest BCUT2D eigenvalue weighted by molar-refractivity contribution is 7.99. The second-order valence-corrected chi connectivity index (χ2v) is 7.76. The quantitative estimate of drug-likeness (QED) is 0.899. The van der Waals surface area contributed by atoms with Gasteiger partial charge in [0.05, 0.1) is 12.6 Å². The molecule has 2 unspecified atom stereocenters. The lowest BCUT2D eigenvalue weighted by atomic mass is 10.1. The Morgan fingerprint density at radius 1 is 1.37 bits per heavy atom. The standard InChI is InChI=1S/C13H25N5S/c1-5-19-11-7-6-10(8-11)18-12(15-16-17-18)9-14-13(2,3)4/h10-11,14H,5-9H2,1-4H3. The van der Waals surface area contributed by atoms with Gasteiger partial charge in [0.15, 0.2) is 5.82 Å². The zero-order valence-electron chi connectivity index (χ0n) is 12.4. The lowest BCUT2D eigenvalue weighted by molar-refractivity contribution is 0.387. The van der Waals surface area contributed by atoms with Gasteiger partial charge in [-0.1, -0.05) is 6.92 Å².